The summed E-state index contributed by atoms with van der Waals surface area (Å²) in [7, 11) is 1.53. The second-order valence-corrected chi connectivity index (χ2v) is 9.42. The van der Waals surface area contributed by atoms with E-state index in [0.29, 0.717) is 17.0 Å². The molecule has 0 aliphatic carbocycles. The highest BCUT2D eigenvalue weighted by Gasteiger charge is 2.37. The molecule has 0 spiro atoms. The van der Waals surface area contributed by atoms with Crippen molar-refractivity contribution in [1.29, 1.82) is 5.26 Å². The summed E-state index contributed by atoms with van der Waals surface area (Å²) in [5.74, 6) is -0.786. The van der Waals surface area contributed by atoms with Gasteiger partial charge in [0, 0.05) is 5.69 Å². The van der Waals surface area contributed by atoms with Gasteiger partial charge >= 0.3 is 6.09 Å². The minimum atomic E-state index is -1.44. The Morgan fingerprint density at radius 1 is 1.11 bits per heavy atom. The number of carbonyl (C=O) groups excluding carboxylic acids is 3. The molecule has 10 heteroatoms. The van der Waals surface area contributed by atoms with Crippen molar-refractivity contribution in [2.45, 2.75) is 52.3 Å². The molecule has 198 valence electrons. The van der Waals surface area contributed by atoms with Crippen LogP contribution in [0, 0.1) is 25.2 Å². The Morgan fingerprint density at radius 2 is 1.76 bits per heavy atom. The number of aryl methyl sites for hydroxylation is 1. The number of hydrogen-bond donors (Lipinski definition) is 3. The number of methoxy groups -OCH3 is 1. The molecule has 10 nitrogen and oxygen atoms in total. The van der Waals surface area contributed by atoms with Crippen LogP contribution in [0.15, 0.2) is 42.5 Å². The van der Waals surface area contributed by atoms with Crippen LogP contribution in [0.3, 0.4) is 0 Å². The van der Waals surface area contributed by atoms with Crippen molar-refractivity contribution in [1.82, 2.24) is 10.2 Å². The smallest absolute Gasteiger partial charge is 0.408 e. The van der Waals surface area contributed by atoms with Crippen LogP contribution in [-0.4, -0.2) is 59.8 Å². The molecular formula is C27H34N4O6. The van der Waals surface area contributed by atoms with E-state index in [-0.39, 0.29) is 0 Å². The van der Waals surface area contributed by atoms with Crippen LogP contribution in [0.2, 0.25) is 0 Å². The van der Waals surface area contributed by atoms with Crippen molar-refractivity contribution in [2.24, 2.45) is 0 Å². The van der Waals surface area contributed by atoms with Crippen molar-refractivity contribution < 1.29 is 29.0 Å². The fourth-order valence-corrected chi connectivity index (χ4v) is 3.61. The van der Waals surface area contributed by atoms with Crippen LogP contribution in [0.5, 0.6) is 5.75 Å². The topological polar surface area (TPSA) is 141 Å². The fraction of sp³-hybridized carbons (Fsp3) is 0.407. The average Bonchev–Trinajstić information content (AvgIpc) is 2.83. The molecule has 0 radical (unpaired) electrons. The third-order valence-corrected chi connectivity index (χ3v) is 5.55. The number of carbonyl (C=O) groups is 3. The number of aliphatic hydroxyl groups excluding tert-OH is 1. The maximum absolute atomic E-state index is 13.7. The van der Waals surface area contributed by atoms with Gasteiger partial charge in [0.15, 0.2) is 0 Å². The van der Waals surface area contributed by atoms with E-state index in [0.717, 1.165) is 16.0 Å². The Kier molecular flexibility index (Phi) is 10.0. The lowest BCUT2D eigenvalue weighted by Crippen LogP contribution is -2.54. The van der Waals surface area contributed by atoms with E-state index in [2.05, 4.69) is 10.6 Å². The molecule has 0 fully saturated rings. The summed E-state index contributed by atoms with van der Waals surface area (Å²) >= 11 is 0. The first-order valence-corrected chi connectivity index (χ1v) is 11.7. The number of amides is 3. The van der Waals surface area contributed by atoms with Gasteiger partial charge in [-0.05, 0) is 75.6 Å². The lowest BCUT2D eigenvalue weighted by Gasteiger charge is -2.33. The van der Waals surface area contributed by atoms with Crippen LogP contribution in [0.25, 0.3) is 0 Å². The predicted molar refractivity (Wildman–Crippen MR) is 138 cm³/mol. The standard InChI is InChI=1S/C27H34N4O6/c1-17-8-7-9-21(18(17)2)23(24(33)29-19-10-12-20(36-6)13-11-19)31(15-14-28)25(34)22(16-32)30-26(35)37-27(3,4)5/h7-13,22-23,32H,15-16H2,1-6H3,(H,29,33)(H,30,35). The summed E-state index contributed by atoms with van der Waals surface area (Å²) in [6, 6.07) is 11.2. The van der Waals surface area contributed by atoms with Crippen LogP contribution >= 0.6 is 0 Å². The number of alkyl carbamates (subject to hydrolysis) is 1. The molecule has 3 amide bonds. The summed E-state index contributed by atoms with van der Waals surface area (Å²) in [6.45, 7) is 7.42. The summed E-state index contributed by atoms with van der Waals surface area (Å²) in [6.07, 6.45) is -0.914. The van der Waals surface area contributed by atoms with E-state index < -0.39 is 48.7 Å². The van der Waals surface area contributed by atoms with Gasteiger partial charge in [0.05, 0.1) is 19.8 Å². The Bertz CT molecular complexity index is 1150. The van der Waals surface area contributed by atoms with Gasteiger partial charge in [-0.2, -0.15) is 5.26 Å². The van der Waals surface area contributed by atoms with Gasteiger partial charge in [0.1, 0.15) is 30.0 Å². The molecule has 2 aromatic rings. The number of benzene rings is 2. The highest BCUT2D eigenvalue weighted by Crippen LogP contribution is 2.28. The van der Waals surface area contributed by atoms with Gasteiger partial charge in [-0.3, -0.25) is 9.59 Å². The van der Waals surface area contributed by atoms with Gasteiger partial charge < -0.3 is 30.1 Å². The fourth-order valence-electron chi connectivity index (χ4n) is 3.61. The Balaban J connectivity index is 2.49. The molecule has 0 aliphatic heterocycles. The summed E-state index contributed by atoms with van der Waals surface area (Å²) in [5.41, 5.74) is 1.77. The lowest BCUT2D eigenvalue weighted by atomic mass is 9.95. The zero-order chi connectivity index (χ0) is 27.8. The second-order valence-electron chi connectivity index (χ2n) is 9.42. The quantitative estimate of drug-likeness (QED) is 0.440. The van der Waals surface area contributed by atoms with E-state index in [1.807, 2.05) is 26.0 Å². The van der Waals surface area contributed by atoms with Crippen LogP contribution < -0.4 is 15.4 Å². The number of nitrogens with zero attached hydrogens (tertiary/aromatic N) is 2. The molecule has 3 N–H and O–H groups in total. The summed E-state index contributed by atoms with van der Waals surface area (Å²) < 4.78 is 10.4. The van der Waals surface area contributed by atoms with Gasteiger partial charge in [-0.1, -0.05) is 18.2 Å². The Morgan fingerprint density at radius 3 is 2.30 bits per heavy atom. The number of nitrogens with one attached hydrogen (secondary N) is 2. The lowest BCUT2D eigenvalue weighted by molar-refractivity contribution is -0.140. The molecule has 2 rings (SSSR count). The summed E-state index contributed by atoms with van der Waals surface area (Å²) in [4.78, 5) is 40.6. The van der Waals surface area contributed by atoms with E-state index >= 15 is 0 Å². The minimum absolute atomic E-state index is 0.455. The van der Waals surface area contributed by atoms with Gasteiger partial charge in [0.2, 0.25) is 5.91 Å². The molecular weight excluding hydrogens is 476 g/mol. The SMILES string of the molecule is COc1ccc(NC(=O)C(c2cccc(C)c2C)N(CC#N)C(=O)C(CO)NC(=O)OC(C)(C)C)cc1. The van der Waals surface area contributed by atoms with E-state index in [1.165, 1.54) is 7.11 Å². The number of anilines is 1. The number of nitriles is 1. The molecule has 0 heterocycles. The number of ether oxygens (including phenoxy) is 2. The van der Waals surface area contributed by atoms with Crippen molar-refractivity contribution in [3.63, 3.8) is 0 Å². The van der Waals surface area contributed by atoms with Gasteiger partial charge in [-0.25, -0.2) is 4.79 Å². The zero-order valence-electron chi connectivity index (χ0n) is 22.0. The third-order valence-electron chi connectivity index (χ3n) is 5.55. The molecule has 0 saturated carbocycles. The summed E-state index contributed by atoms with van der Waals surface area (Å²) in [5, 5.41) is 24.6. The molecule has 0 aliphatic rings. The van der Waals surface area contributed by atoms with Crippen LogP contribution in [0.1, 0.15) is 43.5 Å². The van der Waals surface area contributed by atoms with Crippen LogP contribution in [0.4, 0.5) is 10.5 Å². The number of aliphatic hydroxyl groups is 1. The molecule has 0 saturated heterocycles. The van der Waals surface area contributed by atoms with Gasteiger partial charge in [0.25, 0.3) is 5.91 Å². The first-order valence-electron chi connectivity index (χ1n) is 11.7. The molecule has 0 bridgehead atoms. The number of rotatable bonds is 9. The normalized spacial score (nSPS) is 12.5. The molecule has 2 unspecified atom stereocenters. The van der Waals surface area contributed by atoms with Crippen molar-refractivity contribution in [3.8, 4) is 11.8 Å². The van der Waals surface area contributed by atoms with Crippen molar-refractivity contribution in [2.75, 3.05) is 25.6 Å². The first kappa shape index (κ1) is 29.1. The highest BCUT2D eigenvalue weighted by molar-refractivity contribution is 5.99. The van der Waals surface area contributed by atoms with Crippen molar-refractivity contribution in [3.05, 3.63) is 59.2 Å². The monoisotopic (exact) mass is 510 g/mol. The molecule has 2 atom stereocenters. The Hall–Kier alpha value is -4.10. The second kappa shape index (κ2) is 12.7. The largest absolute Gasteiger partial charge is 0.497 e. The average molecular weight is 511 g/mol. The Labute approximate surface area is 217 Å². The highest BCUT2D eigenvalue weighted by atomic mass is 16.6. The van der Waals surface area contributed by atoms with E-state index in [9.17, 15) is 24.8 Å². The van der Waals surface area contributed by atoms with Gasteiger partial charge in [-0.15, -0.1) is 0 Å². The van der Waals surface area contributed by atoms with E-state index in [4.69, 9.17) is 9.47 Å². The number of hydrogen-bond acceptors (Lipinski definition) is 7. The maximum atomic E-state index is 13.7. The van der Waals surface area contributed by atoms with Crippen molar-refractivity contribution >= 4 is 23.6 Å². The molecule has 0 aromatic heterocycles. The maximum Gasteiger partial charge on any atom is 0.408 e. The molecule has 2 aromatic carbocycles. The third kappa shape index (κ3) is 7.95. The zero-order valence-corrected chi connectivity index (χ0v) is 22.0. The predicted octanol–water partition coefficient (Wildman–Crippen LogP) is 3.23. The van der Waals surface area contributed by atoms with Crippen LogP contribution in [-0.2, 0) is 14.3 Å². The first-order chi connectivity index (χ1) is 17.4. The van der Waals surface area contributed by atoms with E-state index in [1.54, 1.807) is 57.2 Å². The molecule has 37 heavy (non-hydrogen) atoms. The minimum Gasteiger partial charge on any atom is -0.497 e.